The Kier molecular flexibility index (Phi) is 7.31. The van der Waals surface area contributed by atoms with Crippen LogP contribution in [0.5, 0.6) is 5.75 Å². The fourth-order valence-electron chi connectivity index (χ4n) is 4.08. The van der Waals surface area contributed by atoms with Gasteiger partial charge in [-0.25, -0.2) is 4.39 Å². The predicted octanol–water partition coefficient (Wildman–Crippen LogP) is 5.63. The molecule has 3 aromatic rings. The monoisotopic (exact) mass is 466 g/mol. The van der Waals surface area contributed by atoms with E-state index in [2.05, 4.69) is 4.90 Å². The lowest BCUT2D eigenvalue weighted by molar-refractivity contribution is 0.0628. The van der Waals surface area contributed by atoms with Crippen LogP contribution in [0.1, 0.15) is 32.6 Å². The Bertz CT molecular complexity index is 1100. The molecule has 1 aliphatic rings. The van der Waals surface area contributed by atoms with Crippen LogP contribution in [0, 0.1) is 19.7 Å². The van der Waals surface area contributed by atoms with E-state index in [9.17, 15) is 9.18 Å². The summed E-state index contributed by atoms with van der Waals surface area (Å²) in [6, 6.07) is 18.1. The van der Waals surface area contributed by atoms with Crippen molar-refractivity contribution in [1.29, 1.82) is 0 Å². The number of ether oxygens (including phenoxy) is 1. The Hall–Kier alpha value is -2.89. The van der Waals surface area contributed by atoms with Crippen LogP contribution in [0.3, 0.4) is 0 Å². The number of halogens is 2. The molecule has 0 bridgehead atoms. The molecule has 33 heavy (non-hydrogen) atoms. The number of hydrogen-bond acceptors (Lipinski definition) is 3. The van der Waals surface area contributed by atoms with Crippen molar-refractivity contribution in [3.63, 3.8) is 0 Å². The lowest BCUT2D eigenvalue weighted by atomic mass is 10.1. The van der Waals surface area contributed by atoms with Gasteiger partial charge in [0.05, 0.1) is 0 Å². The molecule has 1 heterocycles. The average molecular weight is 467 g/mol. The summed E-state index contributed by atoms with van der Waals surface area (Å²) in [5, 5.41) is 0.764. The second-order valence-electron chi connectivity index (χ2n) is 8.55. The number of hydrogen-bond donors (Lipinski definition) is 0. The number of benzene rings is 3. The highest BCUT2D eigenvalue weighted by Crippen LogP contribution is 2.26. The summed E-state index contributed by atoms with van der Waals surface area (Å²) in [5.74, 6) is 0.607. The molecule has 0 radical (unpaired) electrons. The molecule has 0 aliphatic carbocycles. The minimum Gasteiger partial charge on any atom is -0.489 e. The first-order valence-electron chi connectivity index (χ1n) is 11.1. The molecule has 172 valence electrons. The minimum absolute atomic E-state index is 0.0387. The number of nitrogens with zero attached hydrogens (tertiary/aromatic N) is 2. The number of rotatable bonds is 6. The zero-order valence-corrected chi connectivity index (χ0v) is 19.7. The number of amides is 1. The maximum atomic E-state index is 13.4. The molecular formula is C27H28ClFN2O2. The molecule has 1 amide bonds. The van der Waals surface area contributed by atoms with Crippen LogP contribution >= 0.6 is 11.6 Å². The first-order chi connectivity index (χ1) is 15.9. The van der Waals surface area contributed by atoms with Gasteiger partial charge in [0.2, 0.25) is 0 Å². The van der Waals surface area contributed by atoms with Crippen molar-refractivity contribution in [1.82, 2.24) is 9.80 Å². The molecule has 0 unspecified atom stereocenters. The van der Waals surface area contributed by atoms with Gasteiger partial charge < -0.3 is 9.64 Å². The zero-order chi connectivity index (χ0) is 23.4. The smallest absolute Gasteiger partial charge is 0.253 e. The second kappa shape index (κ2) is 10.4. The Labute approximate surface area is 199 Å². The van der Waals surface area contributed by atoms with Crippen LogP contribution in [0.2, 0.25) is 5.02 Å². The Morgan fingerprint density at radius 1 is 0.939 bits per heavy atom. The molecule has 1 fully saturated rings. The summed E-state index contributed by atoms with van der Waals surface area (Å²) < 4.78 is 19.3. The fraction of sp³-hybridized carbons (Fsp3) is 0.296. The standard InChI is InChI=1S/C27H28ClFN2O2/c1-19-14-25(15-20(2)26(19)28)33-18-21-6-8-23(9-7-21)27(32)31-12-10-30(11-13-31)17-22-4-3-5-24(29)16-22/h3-9,14-16H,10-13,17-18H2,1-2H3. The van der Waals surface area contributed by atoms with E-state index in [0.717, 1.165) is 46.1 Å². The van der Waals surface area contributed by atoms with E-state index in [-0.39, 0.29) is 11.7 Å². The van der Waals surface area contributed by atoms with Crippen LogP contribution in [0.25, 0.3) is 0 Å². The van der Waals surface area contributed by atoms with Gasteiger partial charge in [-0.15, -0.1) is 0 Å². The van der Waals surface area contributed by atoms with Crippen LogP contribution in [-0.2, 0) is 13.2 Å². The molecule has 0 N–H and O–H groups in total. The van der Waals surface area contributed by atoms with Crippen LogP contribution in [0.4, 0.5) is 4.39 Å². The molecule has 0 spiro atoms. The first kappa shape index (κ1) is 23.3. The Morgan fingerprint density at radius 3 is 2.24 bits per heavy atom. The summed E-state index contributed by atoms with van der Waals surface area (Å²) >= 11 is 6.22. The normalized spacial score (nSPS) is 14.4. The van der Waals surface area contributed by atoms with Crippen LogP contribution in [0.15, 0.2) is 60.7 Å². The van der Waals surface area contributed by atoms with Crippen molar-refractivity contribution in [3.05, 3.63) is 99.3 Å². The third kappa shape index (κ3) is 5.92. The summed E-state index contributed by atoms with van der Waals surface area (Å²) in [6.07, 6.45) is 0. The van der Waals surface area contributed by atoms with Crippen LogP contribution < -0.4 is 4.74 Å². The largest absolute Gasteiger partial charge is 0.489 e. The maximum absolute atomic E-state index is 13.4. The van der Waals surface area contributed by atoms with Gasteiger partial charge in [0.15, 0.2) is 0 Å². The highest BCUT2D eigenvalue weighted by atomic mass is 35.5. The van der Waals surface area contributed by atoms with Gasteiger partial charge in [-0.3, -0.25) is 9.69 Å². The van der Waals surface area contributed by atoms with Crippen LogP contribution in [-0.4, -0.2) is 41.9 Å². The summed E-state index contributed by atoms with van der Waals surface area (Å²) in [5.41, 5.74) is 4.61. The lowest BCUT2D eigenvalue weighted by Crippen LogP contribution is -2.48. The van der Waals surface area contributed by atoms with Gasteiger partial charge >= 0.3 is 0 Å². The number of carbonyl (C=O) groups excluding carboxylic acids is 1. The molecule has 6 heteroatoms. The summed E-state index contributed by atoms with van der Waals surface area (Å²) in [6.45, 7) is 7.91. The van der Waals surface area contributed by atoms with Crippen molar-refractivity contribution < 1.29 is 13.9 Å². The molecule has 1 saturated heterocycles. The fourth-order valence-corrected chi connectivity index (χ4v) is 4.19. The van der Waals surface area contributed by atoms with Gasteiger partial charge in [0, 0.05) is 43.3 Å². The van der Waals surface area contributed by atoms with Gasteiger partial charge in [-0.05, 0) is 72.5 Å². The highest BCUT2D eigenvalue weighted by Gasteiger charge is 2.22. The zero-order valence-electron chi connectivity index (χ0n) is 19.0. The van der Waals surface area contributed by atoms with E-state index in [0.29, 0.717) is 31.8 Å². The van der Waals surface area contributed by atoms with E-state index >= 15 is 0 Å². The number of aryl methyl sites for hydroxylation is 2. The number of piperazine rings is 1. The van der Waals surface area contributed by atoms with Crippen molar-refractivity contribution in [2.45, 2.75) is 27.0 Å². The average Bonchev–Trinajstić information content (AvgIpc) is 2.81. The van der Waals surface area contributed by atoms with E-state index in [1.54, 1.807) is 12.1 Å². The third-order valence-electron chi connectivity index (χ3n) is 5.97. The molecule has 4 nitrogen and oxygen atoms in total. The third-order valence-corrected chi connectivity index (χ3v) is 6.57. The molecule has 3 aromatic carbocycles. The predicted molar refractivity (Wildman–Crippen MR) is 129 cm³/mol. The first-order valence-corrected chi connectivity index (χ1v) is 11.5. The summed E-state index contributed by atoms with van der Waals surface area (Å²) in [7, 11) is 0. The SMILES string of the molecule is Cc1cc(OCc2ccc(C(=O)N3CCN(Cc4cccc(F)c4)CC3)cc2)cc(C)c1Cl. The number of carbonyl (C=O) groups is 1. The second-order valence-corrected chi connectivity index (χ2v) is 8.93. The molecular weight excluding hydrogens is 439 g/mol. The van der Waals surface area contributed by atoms with Gasteiger partial charge in [0.1, 0.15) is 18.2 Å². The Balaban J connectivity index is 1.29. The quantitative estimate of drug-likeness (QED) is 0.471. The van der Waals surface area contributed by atoms with Gasteiger partial charge in [0.25, 0.3) is 5.91 Å². The van der Waals surface area contributed by atoms with Gasteiger partial charge in [-0.2, -0.15) is 0 Å². The minimum atomic E-state index is -0.214. The molecule has 1 aliphatic heterocycles. The summed E-state index contributed by atoms with van der Waals surface area (Å²) in [4.78, 5) is 17.1. The van der Waals surface area contributed by atoms with E-state index in [1.807, 2.05) is 61.2 Å². The molecule has 0 saturated carbocycles. The molecule has 0 atom stereocenters. The van der Waals surface area contributed by atoms with Crippen molar-refractivity contribution >= 4 is 17.5 Å². The van der Waals surface area contributed by atoms with Crippen molar-refractivity contribution in [2.75, 3.05) is 26.2 Å². The maximum Gasteiger partial charge on any atom is 0.253 e. The molecule has 4 rings (SSSR count). The van der Waals surface area contributed by atoms with E-state index in [1.165, 1.54) is 6.07 Å². The van der Waals surface area contributed by atoms with E-state index < -0.39 is 0 Å². The van der Waals surface area contributed by atoms with E-state index in [4.69, 9.17) is 16.3 Å². The van der Waals surface area contributed by atoms with Gasteiger partial charge in [-0.1, -0.05) is 35.9 Å². The van der Waals surface area contributed by atoms with Crippen molar-refractivity contribution in [3.8, 4) is 5.75 Å². The highest BCUT2D eigenvalue weighted by molar-refractivity contribution is 6.32. The Morgan fingerprint density at radius 2 is 1.61 bits per heavy atom. The van der Waals surface area contributed by atoms with Crippen molar-refractivity contribution in [2.24, 2.45) is 0 Å². The topological polar surface area (TPSA) is 32.8 Å². The lowest BCUT2D eigenvalue weighted by Gasteiger charge is -2.34. The molecule has 0 aromatic heterocycles.